The molecular formula is C22H19FN4O4S. The maximum atomic E-state index is 13.1. The molecule has 1 aromatic heterocycles. The van der Waals surface area contributed by atoms with Gasteiger partial charge in [0.15, 0.2) is 5.16 Å². The molecule has 32 heavy (non-hydrogen) atoms. The van der Waals surface area contributed by atoms with Crippen molar-refractivity contribution < 1.29 is 18.7 Å². The number of amides is 2. The number of methoxy groups -OCH3 is 1. The molecule has 0 aliphatic carbocycles. The van der Waals surface area contributed by atoms with E-state index in [1.165, 1.54) is 31.0 Å². The molecule has 3 aromatic rings. The van der Waals surface area contributed by atoms with E-state index in [-0.39, 0.29) is 28.8 Å². The molecule has 1 aliphatic heterocycles. The number of hydrogen-bond donors (Lipinski definition) is 3. The zero-order chi connectivity index (χ0) is 22.7. The first kappa shape index (κ1) is 21.6. The number of thioether (sulfide) groups is 1. The normalized spacial score (nSPS) is 14.9. The molecule has 164 valence electrons. The highest BCUT2D eigenvalue weighted by molar-refractivity contribution is 7.98. The Morgan fingerprint density at radius 3 is 2.72 bits per heavy atom. The van der Waals surface area contributed by atoms with E-state index in [1.54, 1.807) is 36.4 Å². The maximum absolute atomic E-state index is 13.1. The number of H-pyrrole nitrogens is 1. The molecule has 4 rings (SSSR count). The minimum absolute atomic E-state index is 0.0618. The number of ether oxygens (including phenoxy) is 1. The summed E-state index contributed by atoms with van der Waals surface area (Å²) < 4.78 is 18.3. The molecule has 2 amide bonds. The molecule has 1 atom stereocenters. The number of carbonyl (C=O) groups is 2. The molecule has 0 saturated heterocycles. The van der Waals surface area contributed by atoms with Crippen LogP contribution in [0.4, 0.5) is 15.9 Å². The molecule has 0 unspecified atom stereocenters. The lowest BCUT2D eigenvalue weighted by atomic mass is 9.92. The van der Waals surface area contributed by atoms with Crippen molar-refractivity contribution in [1.82, 2.24) is 9.97 Å². The standard InChI is InChI=1S/C22H19FN4O4S/c1-31-16-5-3-2-4-15(16)24-20(29)14-10-17(28)25-19-18(14)21(30)27-22(26-19)32-11-12-6-8-13(23)9-7-12/h2-9,14H,10-11H2,1H3,(H,24,29)(H2,25,26,27,28,30)/t14-/m1/s1. The second-order valence-corrected chi connectivity index (χ2v) is 8.01. The van der Waals surface area contributed by atoms with Gasteiger partial charge in [0.25, 0.3) is 5.56 Å². The Balaban J connectivity index is 1.57. The molecule has 3 N–H and O–H groups in total. The van der Waals surface area contributed by atoms with Crippen LogP contribution in [0.1, 0.15) is 23.5 Å². The van der Waals surface area contributed by atoms with Crippen LogP contribution in [0.25, 0.3) is 0 Å². The number of aromatic nitrogens is 2. The van der Waals surface area contributed by atoms with Gasteiger partial charge in [0, 0.05) is 12.2 Å². The van der Waals surface area contributed by atoms with Crippen LogP contribution >= 0.6 is 11.8 Å². The Labute approximate surface area is 186 Å². The summed E-state index contributed by atoms with van der Waals surface area (Å²) >= 11 is 1.23. The van der Waals surface area contributed by atoms with E-state index >= 15 is 0 Å². The zero-order valence-electron chi connectivity index (χ0n) is 17.0. The molecular weight excluding hydrogens is 435 g/mol. The molecule has 0 bridgehead atoms. The van der Waals surface area contributed by atoms with E-state index in [4.69, 9.17) is 4.74 Å². The van der Waals surface area contributed by atoms with E-state index in [0.717, 1.165) is 5.56 Å². The number of halogens is 1. The van der Waals surface area contributed by atoms with Crippen LogP contribution < -0.4 is 20.9 Å². The third-order valence-electron chi connectivity index (χ3n) is 4.90. The summed E-state index contributed by atoms with van der Waals surface area (Å²) in [5.74, 6) is -1.30. The van der Waals surface area contributed by atoms with Gasteiger partial charge in [-0.05, 0) is 29.8 Å². The van der Waals surface area contributed by atoms with Crippen molar-refractivity contribution in [2.45, 2.75) is 23.2 Å². The molecule has 0 fully saturated rings. The van der Waals surface area contributed by atoms with Gasteiger partial charge >= 0.3 is 0 Å². The number of anilines is 2. The van der Waals surface area contributed by atoms with Crippen molar-refractivity contribution in [2.75, 3.05) is 17.7 Å². The summed E-state index contributed by atoms with van der Waals surface area (Å²) in [6.45, 7) is 0. The van der Waals surface area contributed by atoms with Gasteiger partial charge in [0.1, 0.15) is 17.4 Å². The third kappa shape index (κ3) is 4.65. The molecule has 2 heterocycles. The zero-order valence-corrected chi connectivity index (χ0v) is 17.8. The van der Waals surface area contributed by atoms with Gasteiger partial charge in [-0.15, -0.1) is 0 Å². The second kappa shape index (κ2) is 9.23. The molecule has 0 spiro atoms. The number of para-hydroxylation sites is 2. The Bertz CT molecular complexity index is 1230. The first-order valence-corrected chi connectivity index (χ1v) is 10.7. The molecule has 10 heteroatoms. The van der Waals surface area contributed by atoms with Crippen LogP contribution in [0.2, 0.25) is 0 Å². The number of aromatic amines is 1. The Morgan fingerprint density at radius 2 is 1.97 bits per heavy atom. The van der Waals surface area contributed by atoms with Gasteiger partial charge in [-0.25, -0.2) is 9.37 Å². The molecule has 0 saturated carbocycles. The van der Waals surface area contributed by atoms with E-state index in [2.05, 4.69) is 20.6 Å². The van der Waals surface area contributed by atoms with E-state index in [0.29, 0.717) is 17.2 Å². The molecule has 0 radical (unpaired) electrons. The van der Waals surface area contributed by atoms with Gasteiger partial charge in [0.2, 0.25) is 11.8 Å². The Morgan fingerprint density at radius 1 is 1.22 bits per heavy atom. The van der Waals surface area contributed by atoms with E-state index in [1.807, 2.05) is 0 Å². The van der Waals surface area contributed by atoms with Crippen LogP contribution in [0, 0.1) is 5.82 Å². The summed E-state index contributed by atoms with van der Waals surface area (Å²) in [5, 5.41) is 5.59. The number of rotatable bonds is 6. The van der Waals surface area contributed by atoms with Crippen molar-refractivity contribution in [3.63, 3.8) is 0 Å². The summed E-state index contributed by atoms with van der Waals surface area (Å²) in [7, 11) is 1.48. The van der Waals surface area contributed by atoms with Crippen molar-refractivity contribution >= 4 is 35.1 Å². The highest BCUT2D eigenvalue weighted by Gasteiger charge is 2.35. The average Bonchev–Trinajstić information content (AvgIpc) is 2.78. The van der Waals surface area contributed by atoms with Crippen LogP contribution in [0.5, 0.6) is 5.75 Å². The van der Waals surface area contributed by atoms with Crippen molar-refractivity contribution in [2.24, 2.45) is 0 Å². The van der Waals surface area contributed by atoms with Crippen LogP contribution in [-0.2, 0) is 15.3 Å². The van der Waals surface area contributed by atoms with Gasteiger partial charge in [-0.1, -0.05) is 36.0 Å². The number of fused-ring (bicyclic) bond motifs is 1. The summed E-state index contributed by atoms with van der Waals surface area (Å²) in [4.78, 5) is 45.0. The van der Waals surface area contributed by atoms with Gasteiger partial charge in [-0.2, -0.15) is 0 Å². The lowest BCUT2D eigenvalue weighted by Gasteiger charge is -2.23. The number of nitrogens with one attached hydrogen (secondary N) is 3. The highest BCUT2D eigenvalue weighted by atomic mass is 32.2. The third-order valence-corrected chi connectivity index (χ3v) is 5.84. The fourth-order valence-electron chi connectivity index (χ4n) is 3.34. The Kier molecular flexibility index (Phi) is 6.22. The number of hydrogen-bond acceptors (Lipinski definition) is 6. The van der Waals surface area contributed by atoms with E-state index in [9.17, 15) is 18.8 Å². The van der Waals surface area contributed by atoms with Crippen LogP contribution in [0.15, 0.2) is 58.5 Å². The fraction of sp³-hybridized carbons (Fsp3) is 0.182. The minimum Gasteiger partial charge on any atom is -0.495 e. The first-order chi connectivity index (χ1) is 15.4. The van der Waals surface area contributed by atoms with Gasteiger partial charge in [0.05, 0.1) is 24.3 Å². The van der Waals surface area contributed by atoms with E-state index < -0.39 is 23.3 Å². The topological polar surface area (TPSA) is 113 Å². The van der Waals surface area contributed by atoms with Crippen molar-refractivity contribution in [3.8, 4) is 5.75 Å². The lowest BCUT2D eigenvalue weighted by molar-refractivity contribution is -0.123. The first-order valence-electron chi connectivity index (χ1n) is 9.70. The predicted molar refractivity (Wildman–Crippen MR) is 118 cm³/mol. The predicted octanol–water partition coefficient (Wildman–Crippen LogP) is 3.27. The van der Waals surface area contributed by atoms with Crippen LogP contribution in [0.3, 0.4) is 0 Å². The highest BCUT2D eigenvalue weighted by Crippen LogP contribution is 2.32. The molecule has 1 aliphatic rings. The van der Waals surface area contributed by atoms with Crippen molar-refractivity contribution in [3.05, 3.63) is 75.8 Å². The fourth-order valence-corrected chi connectivity index (χ4v) is 4.16. The Hall–Kier alpha value is -3.66. The SMILES string of the molecule is COc1ccccc1NC(=O)[C@@H]1CC(=O)Nc2nc(SCc3ccc(F)cc3)[nH]c(=O)c21. The second-order valence-electron chi connectivity index (χ2n) is 7.04. The number of nitrogens with zero attached hydrogens (tertiary/aromatic N) is 1. The van der Waals surface area contributed by atoms with Gasteiger partial charge in [-0.3, -0.25) is 14.4 Å². The molecule has 8 nitrogen and oxygen atoms in total. The summed E-state index contributed by atoms with van der Waals surface area (Å²) in [6, 6.07) is 12.8. The number of carbonyl (C=O) groups excluding carboxylic acids is 2. The van der Waals surface area contributed by atoms with Crippen LogP contribution in [-0.4, -0.2) is 28.9 Å². The minimum atomic E-state index is -1.00. The average molecular weight is 454 g/mol. The quantitative estimate of drug-likeness (QED) is 0.389. The lowest BCUT2D eigenvalue weighted by Crippen LogP contribution is -2.36. The monoisotopic (exact) mass is 454 g/mol. The largest absolute Gasteiger partial charge is 0.495 e. The number of benzene rings is 2. The summed E-state index contributed by atoms with van der Waals surface area (Å²) in [6.07, 6.45) is -0.180. The van der Waals surface area contributed by atoms with Crippen molar-refractivity contribution in [1.29, 1.82) is 0 Å². The maximum Gasteiger partial charge on any atom is 0.257 e. The smallest absolute Gasteiger partial charge is 0.257 e. The molecule has 2 aromatic carbocycles. The van der Waals surface area contributed by atoms with Gasteiger partial charge < -0.3 is 20.4 Å². The summed E-state index contributed by atoms with van der Waals surface area (Å²) in [5.41, 5.74) is 0.873.